The van der Waals surface area contributed by atoms with Crippen molar-refractivity contribution in [2.45, 2.75) is 20.1 Å². The minimum atomic E-state index is -0.440. The maximum absolute atomic E-state index is 10.7. The van der Waals surface area contributed by atoms with Crippen LogP contribution in [0.2, 0.25) is 0 Å². The molecule has 0 aliphatic heterocycles. The molecule has 0 aromatic heterocycles. The highest BCUT2D eigenvalue weighted by molar-refractivity contribution is 6.24. The minimum Gasteiger partial charge on any atom is -0.351 e. The van der Waals surface area contributed by atoms with Crippen molar-refractivity contribution in [3.05, 3.63) is 0 Å². The Morgan fingerprint density at radius 3 is 2.38 bits per heavy atom. The third kappa shape index (κ3) is 6.24. The van der Waals surface area contributed by atoms with E-state index in [0.717, 1.165) is 6.21 Å². The highest BCUT2D eigenvalue weighted by Crippen LogP contribution is 1.92. The van der Waals surface area contributed by atoms with Crippen LogP contribution in [0.25, 0.3) is 0 Å². The van der Waals surface area contributed by atoms with Crippen LogP contribution < -0.4 is 5.32 Å². The van der Waals surface area contributed by atoms with E-state index in [4.69, 9.17) is 14.9 Å². The maximum atomic E-state index is 10.7. The Bertz CT molecular complexity index is 155. The van der Waals surface area contributed by atoms with Crippen molar-refractivity contribution in [1.29, 1.82) is 5.41 Å². The molecule has 13 heavy (non-hydrogen) atoms. The summed E-state index contributed by atoms with van der Waals surface area (Å²) >= 11 is 0. The van der Waals surface area contributed by atoms with Crippen LogP contribution in [0, 0.1) is 5.41 Å². The van der Waals surface area contributed by atoms with Gasteiger partial charge in [-0.25, -0.2) is 0 Å². The zero-order valence-electron chi connectivity index (χ0n) is 8.00. The van der Waals surface area contributed by atoms with Crippen LogP contribution in [-0.4, -0.2) is 38.2 Å². The molecule has 5 nitrogen and oxygen atoms in total. The average molecular weight is 188 g/mol. The molecule has 0 spiro atoms. The number of ether oxygens (including phenoxy) is 2. The summed E-state index contributed by atoms with van der Waals surface area (Å²) < 4.78 is 10.3. The second-order valence-corrected chi connectivity index (χ2v) is 2.23. The lowest BCUT2D eigenvalue weighted by atomic mass is 10.5. The number of carbonyl (C=O) groups is 1. The number of nitrogens with one attached hydrogen (secondary N) is 2. The van der Waals surface area contributed by atoms with Crippen molar-refractivity contribution in [3.63, 3.8) is 0 Å². The van der Waals surface area contributed by atoms with Gasteiger partial charge in [-0.3, -0.25) is 4.79 Å². The van der Waals surface area contributed by atoms with Crippen molar-refractivity contribution in [2.24, 2.45) is 0 Å². The van der Waals surface area contributed by atoms with E-state index in [2.05, 4.69) is 5.32 Å². The Morgan fingerprint density at radius 2 is 2.00 bits per heavy atom. The van der Waals surface area contributed by atoms with E-state index in [-0.39, 0.29) is 6.54 Å². The number of hydrogen-bond acceptors (Lipinski definition) is 4. The second-order valence-electron chi connectivity index (χ2n) is 2.23. The fourth-order valence-electron chi connectivity index (χ4n) is 0.773. The van der Waals surface area contributed by atoms with Gasteiger partial charge in [0.2, 0.25) is 0 Å². The van der Waals surface area contributed by atoms with Gasteiger partial charge in [-0.2, -0.15) is 0 Å². The van der Waals surface area contributed by atoms with Gasteiger partial charge in [-0.05, 0) is 13.8 Å². The summed E-state index contributed by atoms with van der Waals surface area (Å²) in [6.07, 6.45) is 0.300. The molecule has 0 aromatic carbocycles. The summed E-state index contributed by atoms with van der Waals surface area (Å²) in [6.45, 7) is 5.04. The van der Waals surface area contributed by atoms with Crippen LogP contribution in [0.3, 0.4) is 0 Å². The van der Waals surface area contributed by atoms with Gasteiger partial charge in [0, 0.05) is 13.2 Å². The summed E-state index contributed by atoms with van der Waals surface area (Å²) in [5.41, 5.74) is 0. The highest BCUT2D eigenvalue weighted by Gasteiger charge is 2.07. The van der Waals surface area contributed by atoms with Crippen LogP contribution in [0.15, 0.2) is 0 Å². The van der Waals surface area contributed by atoms with Crippen molar-refractivity contribution in [2.75, 3.05) is 19.8 Å². The topological polar surface area (TPSA) is 71.4 Å². The molecule has 0 rings (SSSR count). The first-order chi connectivity index (χ1) is 6.24. The summed E-state index contributed by atoms with van der Waals surface area (Å²) in [4.78, 5) is 10.7. The quantitative estimate of drug-likeness (QED) is 0.441. The predicted molar refractivity (Wildman–Crippen MR) is 48.8 cm³/mol. The lowest BCUT2D eigenvalue weighted by Gasteiger charge is -2.16. The van der Waals surface area contributed by atoms with Crippen molar-refractivity contribution in [1.82, 2.24) is 5.32 Å². The fraction of sp³-hybridized carbons (Fsp3) is 0.750. The first-order valence-electron chi connectivity index (χ1n) is 4.26. The fourth-order valence-corrected chi connectivity index (χ4v) is 0.773. The van der Waals surface area contributed by atoms with Crippen molar-refractivity contribution in [3.8, 4) is 0 Å². The van der Waals surface area contributed by atoms with Crippen LogP contribution >= 0.6 is 0 Å². The summed E-state index contributed by atoms with van der Waals surface area (Å²) in [6, 6.07) is 0. The molecule has 76 valence electrons. The molecule has 0 aliphatic rings. The highest BCUT2D eigenvalue weighted by atomic mass is 16.7. The second kappa shape index (κ2) is 7.70. The van der Waals surface area contributed by atoms with Gasteiger partial charge in [0.15, 0.2) is 6.29 Å². The Balaban J connectivity index is 3.67. The van der Waals surface area contributed by atoms with E-state index in [9.17, 15) is 4.79 Å². The molecule has 0 saturated heterocycles. The summed E-state index contributed by atoms with van der Waals surface area (Å²) in [7, 11) is 0. The Kier molecular flexibility index (Phi) is 7.14. The number of hydrogen-bond donors (Lipinski definition) is 2. The Labute approximate surface area is 77.9 Å². The zero-order chi connectivity index (χ0) is 10.1. The molecule has 0 aliphatic carbocycles. The molecule has 0 saturated carbocycles. The molecule has 0 bridgehead atoms. The largest absolute Gasteiger partial charge is 0.351 e. The molecule has 5 heteroatoms. The van der Waals surface area contributed by atoms with E-state index < -0.39 is 12.2 Å². The minimum absolute atomic E-state index is 0.274. The number of rotatable bonds is 7. The average Bonchev–Trinajstić information content (AvgIpc) is 2.14. The van der Waals surface area contributed by atoms with Crippen molar-refractivity contribution >= 4 is 12.1 Å². The SMILES string of the molecule is CCOC(CNC(=O)C=N)OCC. The first-order valence-corrected chi connectivity index (χ1v) is 4.26. The molecule has 0 heterocycles. The molecule has 0 unspecified atom stereocenters. The standard InChI is InChI=1S/C8H16N2O3/c1-3-12-8(13-4-2)6-10-7(11)5-9/h5,8-9H,3-4,6H2,1-2H3,(H,10,11). The van der Waals surface area contributed by atoms with Gasteiger partial charge in [0.25, 0.3) is 5.91 Å². The first kappa shape index (κ1) is 12.1. The van der Waals surface area contributed by atoms with E-state index in [1.807, 2.05) is 13.8 Å². The predicted octanol–water partition coefficient (Wildman–Crippen LogP) is 0.151. The number of carbonyl (C=O) groups excluding carboxylic acids is 1. The Hall–Kier alpha value is -0.940. The van der Waals surface area contributed by atoms with Gasteiger partial charge in [-0.15, -0.1) is 0 Å². The van der Waals surface area contributed by atoms with Crippen LogP contribution in [0.1, 0.15) is 13.8 Å². The van der Waals surface area contributed by atoms with E-state index in [0.29, 0.717) is 13.2 Å². The zero-order valence-corrected chi connectivity index (χ0v) is 8.00. The summed E-state index contributed by atoms with van der Waals surface area (Å²) in [5, 5.41) is 9.11. The molecule has 2 N–H and O–H groups in total. The third-order valence-electron chi connectivity index (χ3n) is 1.28. The van der Waals surface area contributed by atoms with Gasteiger partial charge < -0.3 is 20.2 Å². The lowest BCUT2D eigenvalue weighted by molar-refractivity contribution is -0.138. The molecule has 0 aromatic rings. The molecular weight excluding hydrogens is 172 g/mol. The normalized spacial score (nSPS) is 10.1. The maximum Gasteiger partial charge on any atom is 0.261 e. The van der Waals surface area contributed by atoms with Crippen molar-refractivity contribution < 1.29 is 14.3 Å². The molecule has 1 amide bonds. The van der Waals surface area contributed by atoms with Gasteiger partial charge in [0.05, 0.1) is 12.8 Å². The van der Waals surface area contributed by atoms with Gasteiger partial charge in [0.1, 0.15) is 0 Å². The molecular formula is C8H16N2O3. The monoisotopic (exact) mass is 188 g/mol. The van der Waals surface area contributed by atoms with Gasteiger partial charge in [-0.1, -0.05) is 0 Å². The van der Waals surface area contributed by atoms with Crippen LogP contribution in [0.4, 0.5) is 0 Å². The lowest BCUT2D eigenvalue weighted by Crippen LogP contribution is -2.35. The van der Waals surface area contributed by atoms with Crippen LogP contribution in [0.5, 0.6) is 0 Å². The van der Waals surface area contributed by atoms with Gasteiger partial charge >= 0.3 is 0 Å². The smallest absolute Gasteiger partial charge is 0.261 e. The van der Waals surface area contributed by atoms with E-state index in [1.54, 1.807) is 0 Å². The molecule has 0 fully saturated rings. The summed E-state index contributed by atoms with van der Waals surface area (Å²) in [5.74, 6) is -0.440. The molecule has 0 atom stereocenters. The van der Waals surface area contributed by atoms with Crippen LogP contribution in [-0.2, 0) is 14.3 Å². The van der Waals surface area contributed by atoms with E-state index in [1.165, 1.54) is 0 Å². The van der Waals surface area contributed by atoms with E-state index >= 15 is 0 Å². The Morgan fingerprint density at radius 1 is 1.46 bits per heavy atom. The number of amides is 1. The third-order valence-corrected chi connectivity index (χ3v) is 1.28. The molecule has 0 radical (unpaired) electrons.